The van der Waals surface area contributed by atoms with E-state index >= 15 is 0 Å². The van der Waals surface area contributed by atoms with Crippen LogP contribution in [-0.2, 0) is 0 Å². The molecule has 0 aromatic heterocycles. The van der Waals surface area contributed by atoms with E-state index < -0.39 is 0 Å². The Morgan fingerprint density at radius 1 is 1.05 bits per heavy atom. The molecule has 0 aromatic rings. The van der Waals surface area contributed by atoms with Gasteiger partial charge < -0.3 is 10.2 Å². The van der Waals surface area contributed by atoms with E-state index in [-0.39, 0.29) is 0 Å². The van der Waals surface area contributed by atoms with E-state index in [0.717, 1.165) is 6.54 Å². The van der Waals surface area contributed by atoms with Crippen molar-refractivity contribution in [1.82, 2.24) is 15.1 Å². The predicted octanol–water partition coefficient (Wildman–Crippen LogP) is 2.43. The molecule has 114 valence electrons. The Bertz CT molecular complexity index is 242. The summed E-state index contributed by atoms with van der Waals surface area (Å²) in [5.41, 5.74) is 0.342. The molecule has 1 saturated heterocycles. The number of hydrogen-bond acceptors (Lipinski definition) is 3. The van der Waals surface area contributed by atoms with Gasteiger partial charge in [0.2, 0.25) is 0 Å². The minimum absolute atomic E-state index is 0.342. The molecule has 0 bridgehead atoms. The Labute approximate surface area is 120 Å². The van der Waals surface area contributed by atoms with Gasteiger partial charge in [-0.3, -0.25) is 4.90 Å². The largest absolute Gasteiger partial charge is 0.314 e. The number of nitrogens with zero attached hydrogens (tertiary/aromatic N) is 2. The summed E-state index contributed by atoms with van der Waals surface area (Å²) in [5.74, 6) is 0. The highest BCUT2D eigenvalue weighted by molar-refractivity contribution is 4.86. The quantitative estimate of drug-likeness (QED) is 0.766. The molecule has 0 amide bonds. The van der Waals surface area contributed by atoms with Gasteiger partial charge in [0.05, 0.1) is 0 Å². The predicted molar refractivity (Wildman–Crippen MR) is 84.7 cm³/mol. The van der Waals surface area contributed by atoms with Gasteiger partial charge in [0.25, 0.3) is 0 Å². The first-order chi connectivity index (χ1) is 8.86. The Morgan fingerprint density at radius 3 is 2.11 bits per heavy atom. The zero-order valence-corrected chi connectivity index (χ0v) is 14.0. The van der Waals surface area contributed by atoms with E-state index in [1.165, 1.54) is 39.1 Å². The molecule has 0 aromatic carbocycles. The van der Waals surface area contributed by atoms with Crippen LogP contribution in [0.25, 0.3) is 0 Å². The first-order valence-electron chi connectivity index (χ1n) is 8.06. The summed E-state index contributed by atoms with van der Waals surface area (Å²) >= 11 is 0. The fraction of sp³-hybridized carbons (Fsp3) is 1.00. The summed E-state index contributed by atoms with van der Waals surface area (Å²) in [4.78, 5) is 5.23. The van der Waals surface area contributed by atoms with Crippen LogP contribution in [0.4, 0.5) is 0 Å². The Morgan fingerprint density at radius 2 is 1.63 bits per heavy atom. The third-order valence-electron chi connectivity index (χ3n) is 4.64. The van der Waals surface area contributed by atoms with Crippen LogP contribution in [0, 0.1) is 5.41 Å². The van der Waals surface area contributed by atoms with Crippen molar-refractivity contribution in [2.75, 3.05) is 39.3 Å². The maximum atomic E-state index is 3.65. The Balaban J connectivity index is 2.38. The summed E-state index contributed by atoms with van der Waals surface area (Å²) in [6.07, 6.45) is 1.22. The van der Waals surface area contributed by atoms with Crippen LogP contribution in [0.5, 0.6) is 0 Å². The van der Waals surface area contributed by atoms with E-state index in [9.17, 15) is 0 Å². The monoisotopic (exact) mass is 269 g/mol. The molecule has 3 nitrogen and oxygen atoms in total. The van der Waals surface area contributed by atoms with Crippen LogP contribution in [0.2, 0.25) is 0 Å². The fourth-order valence-corrected chi connectivity index (χ4v) is 2.79. The van der Waals surface area contributed by atoms with Crippen molar-refractivity contribution < 1.29 is 0 Å². The topological polar surface area (TPSA) is 18.5 Å². The molecular formula is C16H35N3. The lowest BCUT2D eigenvalue weighted by molar-refractivity contribution is 0.0697. The summed E-state index contributed by atoms with van der Waals surface area (Å²) in [6.45, 7) is 21.2. The van der Waals surface area contributed by atoms with Gasteiger partial charge in [0.15, 0.2) is 0 Å². The molecule has 19 heavy (non-hydrogen) atoms. The summed E-state index contributed by atoms with van der Waals surface area (Å²) < 4.78 is 0. The SMILES string of the molecule is CCCNC(C)C(C)(C)CN1CCN(C(C)C)CC1. The average molecular weight is 269 g/mol. The molecule has 1 aliphatic rings. The van der Waals surface area contributed by atoms with Gasteiger partial charge in [-0.1, -0.05) is 20.8 Å². The van der Waals surface area contributed by atoms with Crippen molar-refractivity contribution in [3.8, 4) is 0 Å². The molecule has 1 N–H and O–H groups in total. The minimum atomic E-state index is 0.342. The van der Waals surface area contributed by atoms with Crippen LogP contribution in [0.3, 0.4) is 0 Å². The molecule has 1 rings (SSSR count). The lowest BCUT2D eigenvalue weighted by Crippen LogP contribution is -2.53. The second kappa shape index (κ2) is 7.61. The van der Waals surface area contributed by atoms with Crippen molar-refractivity contribution in [2.24, 2.45) is 5.41 Å². The van der Waals surface area contributed by atoms with Crippen LogP contribution in [0.15, 0.2) is 0 Å². The smallest absolute Gasteiger partial charge is 0.0113 e. The number of nitrogens with one attached hydrogen (secondary N) is 1. The summed E-state index contributed by atoms with van der Waals surface area (Å²) in [7, 11) is 0. The number of rotatable bonds is 7. The van der Waals surface area contributed by atoms with Gasteiger partial charge in [0, 0.05) is 44.8 Å². The van der Waals surface area contributed by atoms with Gasteiger partial charge >= 0.3 is 0 Å². The van der Waals surface area contributed by atoms with Gasteiger partial charge in [-0.05, 0) is 39.2 Å². The van der Waals surface area contributed by atoms with Crippen molar-refractivity contribution in [3.63, 3.8) is 0 Å². The molecule has 1 aliphatic heterocycles. The van der Waals surface area contributed by atoms with Gasteiger partial charge in [-0.25, -0.2) is 0 Å². The lowest BCUT2D eigenvalue weighted by Gasteiger charge is -2.42. The molecule has 0 saturated carbocycles. The summed E-state index contributed by atoms with van der Waals surface area (Å²) in [5, 5.41) is 3.65. The molecule has 3 heteroatoms. The highest BCUT2D eigenvalue weighted by atomic mass is 15.3. The Kier molecular flexibility index (Phi) is 6.78. The fourth-order valence-electron chi connectivity index (χ4n) is 2.79. The van der Waals surface area contributed by atoms with E-state index in [4.69, 9.17) is 0 Å². The van der Waals surface area contributed by atoms with Crippen molar-refractivity contribution >= 4 is 0 Å². The van der Waals surface area contributed by atoms with Crippen molar-refractivity contribution in [1.29, 1.82) is 0 Å². The normalized spacial score (nSPS) is 21.0. The molecule has 0 radical (unpaired) electrons. The van der Waals surface area contributed by atoms with Gasteiger partial charge in [-0.2, -0.15) is 0 Å². The van der Waals surface area contributed by atoms with E-state index in [2.05, 4.69) is 56.7 Å². The molecular weight excluding hydrogens is 234 g/mol. The van der Waals surface area contributed by atoms with E-state index in [1.54, 1.807) is 0 Å². The molecule has 1 atom stereocenters. The second-order valence-electron chi connectivity index (χ2n) is 7.07. The van der Waals surface area contributed by atoms with Crippen LogP contribution in [0.1, 0.15) is 48.0 Å². The van der Waals surface area contributed by atoms with E-state index in [0.29, 0.717) is 17.5 Å². The second-order valence-corrected chi connectivity index (χ2v) is 7.07. The maximum Gasteiger partial charge on any atom is 0.0113 e. The number of piperazine rings is 1. The van der Waals surface area contributed by atoms with Gasteiger partial charge in [-0.15, -0.1) is 0 Å². The molecule has 1 fully saturated rings. The van der Waals surface area contributed by atoms with Crippen molar-refractivity contribution in [2.45, 2.75) is 60.0 Å². The van der Waals surface area contributed by atoms with Crippen molar-refractivity contribution in [3.05, 3.63) is 0 Å². The van der Waals surface area contributed by atoms with Crippen LogP contribution in [-0.4, -0.2) is 61.2 Å². The number of hydrogen-bond donors (Lipinski definition) is 1. The van der Waals surface area contributed by atoms with Gasteiger partial charge in [0.1, 0.15) is 0 Å². The first-order valence-corrected chi connectivity index (χ1v) is 8.06. The highest BCUT2D eigenvalue weighted by Gasteiger charge is 2.29. The van der Waals surface area contributed by atoms with Crippen LogP contribution >= 0.6 is 0 Å². The zero-order valence-electron chi connectivity index (χ0n) is 14.0. The summed E-state index contributed by atoms with van der Waals surface area (Å²) in [6, 6.07) is 1.27. The van der Waals surface area contributed by atoms with Crippen LogP contribution < -0.4 is 5.32 Å². The minimum Gasteiger partial charge on any atom is -0.314 e. The zero-order chi connectivity index (χ0) is 14.5. The third kappa shape index (κ3) is 5.41. The lowest BCUT2D eigenvalue weighted by atomic mass is 9.84. The molecule has 0 spiro atoms. The maximum absolute atomic E-state index is 3.65. The Hall–Kier alpha value is -0.120. The highest BCUT2D eigenvalue weighted by Crippen LogP contribution is 2.23. The van der Waals surface area contributed by atoms with E-state index in [1.807, 2.05) is 0 Å². The first kappa shape index (κ1) is 16.9. The average Bonchev–Trinajstić information content (AvgIpc) is 2.36. The molecule has 1 unspecified atom stereocenters. The third-order valence-corrected chi connectivity index (χ3v) is 4.64. The standard InChI is InChI=1S/C16H35N3/c1-7-8-17-15(4)16(5,6)13-18-9-11-19(12-10-18)14(2)3/h14-15,17H,7-13H2,1-6H3. The molecule has 1 heterocycles. The molecule has 0 aliphatic carbocycles.